The fraction of sp³-hybridized carbons (Fsp3) is 0.846. The number of ether oxygens (including phenoxy) is 2. The van der Waals surface area contributed by atoms with Gasteiger partial charge in [-0.2, -0.15) is 0 Å². The molecule has 0 saturated heterocycles. The number of halogens is 4. The molecule has 0 bridgehead atoms. The van der Waals surface area contributed by atoms with Gasteiger partial charge in [-0.15, -0.1) is 0 Å². The molecule has 130 valence electrons. The minimum absolute atomic E-state index is 0.0304. The van der Waals surface area contributed by atoms with E-state index in [2.05, 4.69) is 5.32 Å². The quantitative estimate of drug-likeness (QED) is 0.467. The van der Waals surface area contributed by atoms with Crippen LogP contribution in [0.15, 0.2) is 0 Å². The Hall–Kier alpha value is -0.580. The van der Waals surface area contributed by atoms with Crippen molar-refractivity contribution < 1.29 is 32.2 Å². The second-order valence-corrected chi connectivity index (χ2v) is 6.62. The number of carbonyl (C=O) groups is 2. The van der Waals surface area contributed by atoms with E-state index in [1.165, 1.54) is 0 Å². The van der Waals surface area contributed by atoms with Crippen LogP contribution < -0.4 is 5.32 Å². The van der Waals surface area contributed by atoms with Crippen molar-refractivity contribution in [2.45, 2.75) is 51.4 Å². The Balaban J connectivity index is 4.80. The van der Waals surface area contributed by atoms with Gasteiger partial charge in [-0.1, -0.05) is 22.6 Å². The predicted molar refractivity (Wildman–Crippen MR) is 83.4 cm³/mol. The predicted octanol–water partition coefficient (Wildman–Crippen LogP) is 2.89. The molecule has 2 unspecified atom stereocenters. The summed E-state index contributed by atoms with van der Waals surface area (Å²) < 4.78 is 48.0. The van der Waals surface area contributed by atoms with Crippen molar-refractivity contribution in [2.75, 3.05) is 17.7 Å². The highest BCUT2D eigenvalue weighted by Gasteiger charge is 2.38. The normalized spacial score (nSPS) is 16.0. The molecule has 0 spiro atoms. The van der Waals surface area contributed by atoms with Crippen LogP contribution in [0.5, 0.6) is 0 Å². The van der Waals surface area contributed by atoms with Crippen molar-refractivity contribution in [1.82, 2.24) is 5.32 Å². The standard InChI is InChI=1S/C13H21F3INO4/c1-12(2,3)22-11(20)18-8(9(19)5-17)6-21-13(4,7-14)10(15)16/h8,10H,5-7H2,1-4H3,(H,18,20). The maximum absolute atomic E-state index is 12.7. The van der Waals surface area contributed by atoms with Gasteiger partial charge >= 0.3 is 6.09 Å². The largest absolute Gasteiger partial charge is 0.444 e. The molecule has 0 aromatic heterocycles. The molecule has 0 aliphatic heterocycles. The highest BCUT2D eigenvalue weighted by Crippen LogP contribution is 2.21. The first-order valence-corrected chi connectivity index (χ1v) is 8.04. The second kappa shape index (κ2) is 8.90. The van der Waals surface area contributed by atoms with Gasteiger partial charge in [0, 0.05) is 0 Å². The second-order valence-electron chi connectivity index (χ2n) is 5.86. The number of rotatable bonds is 8. The first-order valence-electron chi connectivity index (χ1n) is 6.51. The molecule has 9 heteroatoms. The molecule has 0 fully saturated rings. The first-order chi connectivity index (χ1) is 9.95. The summed E-state index contributed by atoms with van der Waals surface area (Å²) in [5.41, 5.74) is -3.10. The highest BCUT2D eigenvalue weighted by molar-refractivity contribution is 14.1. The van der Waals surface area contributed by atoms with Gasteiger partial charge in [0.15, 0.2) is 11.4 Å². The third-order valence-corrected chi connectivity index (χ3v) is 3.27. The minimum atomic E-state index is -3.06. The van der Waals surface area contributed by atoms with Crippen molar-refractivity contribution >= 4 is 34.5 Å². The monoisotopic (exact) mass is 439 g/mol. The lowest BCUT2D eigenvalue weighted by Gasteiger charge is -2.28. The van der Waals surface area contributed by atoms with Crippen LogP contribution in [-0.2, 0) is 14.3 Å². The van der Waals surface area contributed by atoms with E-state index in [0.29, 0.717) is 0 Å². The lowest BCUT2D eigenvalue weighted by atomic mass is 10.1. The van der Waals surface area contributed by atoms with E-state index in [0.717, 1.165) is 6.92 Å². The molecule has 5 nitrogen and oxygen atoms in total. The maximum Gasteiger partial charge on any atom is 0.408 e. The molecule has 0 aromatic carbocycles. The van der Waals surface area contributed by atoms with Crippen LogP contribution in [0, 0.1) is 0 Å². The van der Waals surface area contributed by atoms with E-state index in [1.807, 2.05) is 0 Å². The molecule has 0 aliphatic carbocycles. The Bertz CT molecular complexity index is 390. The van der Waals surface area contributed by atoms with Crippen molar-refractivity contribution in [3.05, 3.63) is 0 Å². The molecule has 1 amide bonds. The van der Waals surface area contributed by atoms with Crippen LogP contribution in [-0.4, -0.2) is 53.3 Å². The van der Waals surface area contributed by atoms with Gasteiger partial charge in [0.2, 0.25) is 0 Å². The summed E-state index contributed by atoms with van der Waals surface area (Å²) >= 11 is 1.77. The number of carbonyl (C=O) groups excluding carboxylic acids is 2. The Morgan fingerprint density at radius 1 is 1.23 bits per heavy atom. The zero-order valence-corrected chi connectivity index (χ0v) is 15.1. The topological polar surface area (TPSA) is 64.6 Å². The SMILES string of the molecule is CC(C)(C)OC(=O)NC(COC(C)(CF)C(F)F)C(=O)CI. The van der Waals surface area contributed by atoms with Crippen LogP contribution in [0.3, 0.4) is 0 Å². The number of ketones is 1. The zero-order chi connectivity index (χ0) is 17.6. The Kier molecular flexibility index (Phi) is 8.66. The first kappa shape index (κ1) is 21.4. The lowest BCUT2D eigenvalue weighted by Crippen LogP contribution is -2.50. The number of alkyl carbamates (subject to hydrolysis) is 1. The smallest absolute Gasteiger partial charge is 0.408 e. The van der Waals surface area contributed by atoms with Gasteiger partial charge in [-0.3, -0.25) is 4.79 Å². The number of hydrogen-bond acceptors (Lipinski definition) is 4. The van der Waals surface area contributed by atoms with E-state index >= 15 is 0 Å². The molecule has 1 N–H and O–H groups in total. The molecular weight excluding hydrogens is 418 g/mol. The Labute approximate surface area is 141 Å². The van der Waals surface area contributed by atoms with Gasteiger partial charge in [-0.05, 0) is 27.7 Å². The van der Waals surface area contributed by atoms with Crippen molar-refractivity contribution in [1.29, 1.82) is 0 Å². The van der Waals surface area contributed by atoms with Crippen molar-refractivity contribution in [2.24, 2.45) is 0 Å². The summed E-state index contributed by atoms with van der Waals surface area (Å²) in [5, 5.41) is 2.25. The van der Waals surface area contributed by atoms with Gasteiger partial charge in [0.1, 0.15) is 18.3 Å². The Morgan fingerprint density at radius 3 is 2.14 bits per heavy atom. The lowest BCUT2D eigenvalue weighted by molar-refractivity contribution is -0.148. The summed E-state index contributed by atoms with van der Waals surface area (Å²) in [7, 11) is 0. The molecule has 0 saturated carbocycles. The van der Waals surface area contributed by atoms with Gasteiger partial charge in [0.25, 0.3) is 6.43 Å². The molecule has 0 radical (unpaired) electrons. The van der Waals surface area contributed by atoms with E-state index < -0.39 is 48.8 Å². The minimum Gasteiger partial charge on any atom is -0.444 e. The molecule has 0 rings (SSSR count). The molecular formula is C13H21F3INO4. The average Bonchev–Trinajstić information content (AvgIpc) is 2.39. The summed E-state index contributed by atoms with van der Waals surface area (Å²) in [6.45, 7) is 3.82. The third kappa shape index (κ3) is 7.61. The van der Waals surface area contributed by atoms with E-state index in [9.17, 15) is 22.8 Å². The van der Waals surface area contributed by atoms with Gasteiger partial charge < -0.3 is 14.8 Å². The fourth-order valence-corrected chi connectivity index (χ4v) is 1.72. The van der Waals surface area contributed by atoms with Crippen LogP contribution in [0.4, 0.5) is 18.0 Å². The zero-order valence-electron chi connectivity index (χ0n) is 12.9. The fourth-order valence-electron chi connectivity index (χ4n) is 1.19. The van der Waals surface area contributed by atoms with Crippen LogP contribution >= 0.6 is 22.6 Å². The number of amides is 1. The molecule has 22 heavy (non-hydrogen) atoms. The van der Waals surface area contributed by atoms with Gasteiger partial charge in [-0.25, -0.2) is 18.0 Å². The maximum atomic E-state index is 12.7. The van der Waals surface area contributed by atoms with E-state index in [1.54, 1.807) is 43.4 Å². The molecule has 0 heterocycles. The van der Waals surface area contributed by atoms with E-state index in [4.69, 9.17) is 9.47 Å². The third-order valence-electron chi connectivity index (χ3n) is 2.52. The molecule has 0 aliphatic rings. The Morgan fingerprint density at radius 2 is 1.77 bits per heavy atom. The van der Waals surface area contributed by atoms with Crippen molar-refractivity contribution in [3.8, 4) is 0 Å². The van der Waals surface area contributed by atoms with Crippen LogP contribution in [0.2, 0.25) is 0 Å². The highest BCUT2D eigenvalue weighted by atomic mass is 127. The van der Waals surface area contributed by atoms with Crippen LogP contribution in [0.1, 0.15) is 27.7 Å². The average molecular weight is 439 g/mol. The summed E-state index contributed by atoms with van der Waals surface area (Å²) in [6, 6.07) is -1.18. The van der Waals surface area contributed by atoms with Crippen molar-refractivity contribution in [3.63, 3.8) is 0 Å². The summed E-state index contributed by atoms with van der Waals surface area (Å²) in [4.78, 5) is 23.4. The number of hydrogen-bond donors (Lipinski definition) is 1. The van der Waals surface area contributed by atoms with Crippen LogP contribution in [0.25, 0.3) is 0 Å². The summed E-state index contributed by atoms with van der Waals surface area (Å²) in [6.07, 6.45) is -3.94. The van der Waals surface area contributed by atoms with E-state index in [-0.39, 0.29) is 4.43 Å². The number of nitrogens with one attached hydrogen (secondary N) is 1. The summed E-state index contributed by atoms with van der Waals surface area (Å²) in [5.74, 6) is -0.443. The number of Topliss-reactive ketones (excluding diaryl/α,β-unsaturated/α-hetero) is 1. The number of alkyl halides is 4. The van der Waals surface area contributed by atoms with Gasteiger partial charge in [0.05, 0.1) is 11.0 Å². The molecule has 2 atom stereocenters. The molecule has 0 aromatic rings.